The second-order valence-corrected chi connectivity index (χ2v) is 5.27. The molecule has 2 aromatic rings. The van der Waals surface area contributed by atoms with Gasteiger partial charge in [-0.2, -0.15) is 0 Å². The van der Waals surface area contributed by atoms with Gasteiger partial charge in [0.05, 0.1) is 17.9 Å². The van der Waals surface area contributed by atoms with Crippen molar-refractivity contribution < 1.29 is 4.52 Å². The quantitative estimate of drug-likeness (QED) is 0.654. The molecule has 22 heavy (non-hydrogen) atoms. The van der Waals surface area contributed by atoms with Crippen LogP contribution in [0.25, 0.3) is 0 Å². The smallest absolute Gasteiger partial charge is 0.191 e. The van der Waals surface area contributed by atoms with Crippen LogP contribution in [-0.2, 0) is 6.54 Å². The fraction of sp³-hybridized carbons (Fsp3) is 0.438. The largest absolute Gasteiger partial charge is 0.361 e. The molecule has 118 valence electrons. The molecule has 0 fully saturated rings. The minimum atomic E-state index is 0.291. The average Bonchev–Trinajstić information content (AvgIpc) is 2.87. The number of aliphatic imine (C=N–C) groups is 1. The van der Waals surface area contributed by atoms with E-state index >= 15 is 0 Å². The van der Waals surface area contributed by atoms with Gasteiger partial charge in [-0.1, -0.05) is 18.1 Å². The Morgan fingerprint density at radius 1 is 1.32 bits per heavy atom. The van der Waals surface area contributed by atoms with Gasteiger partial charge in [0.15, 0.2) is 5.96 Å². The number of nitrogens with one attached hydrogen (secondary N) is 2. The van der Waals surface area contributed by atoms with Crippen LogP contribution in [0.2, 0.25) is 0 Å². The molecule has 0 aliphatic carbocycles. The zero-order chi connectivity index (χ0) is 15.9. The SMILES string of the molecule is CN=C(NCc1ccccn1)NCC(C)c1c(C)noc1C. The molecule has 0 amide bonds. The zero-order valence-electron chi connectivity index (χ0n) is 13.6. The maximum Gasteiger partial charge on any atom is 0.191 e. The first-order valence-electron chi connectivity index (χ1n) is 7.39. The van der Waals surface area contributed by atoms with Crippen LogP contribution in [-0.4, -0.2) is 29.7 Å². The van der Waals surface area contributed by atoms with E-state index in [0.717, 1.165) is 35.2 Å². The average molecular weight is 301 g/mol. The van der Waals surface area contributed by atoms with Crippen molar-refractivity contribution in [1.82, 2.24) is 20.8 Å². The summed E-state index contributed by atoms with van der Waals surface area (Å²) in [6.07, 6.45) is 1.78. The maximum absolute atomic E-state index is 5.22. The molecule has 6 nitrogen and oxygen atoms in total. The van der Waals surface area contributed by atoms with Gasteiger partial charge in [0.2, 0.25) is 0 Å². The summed E-state index contributed by atoms with van der Waals surface area (Å²) in [6, 6.07) is 5.86. The molecule has 1 unspecified atom stereocenters. The Balaban J connectivity index is 1.86. The predicted octanol–water partition coefficient (Wildman–Crippen LogP) is 2.16. The van der Waals surface area contributed by atoms with Crippen LogP contribution in [0.15, 0.2) is 33.9 Å². The maximum atomic E-state index is 5.22. The summed E-state index contributed by atoms with van der Waals surface area (Å²) in [4.78, 5) is 8.51. The van der Waals surface area contributed by atoms with E-state index in [9.17, 15) is 0 Å². The molecular formula is C16H23N5O. The van der Waals surface area contributed by atoms with Gasteiger partial charge < -0.3 is 15.2 Å². The second kappa shape index (κ2) is 7.59. The first-order chi connectivity index (χ1) is 10.6. The lowest BCUT2D eigenvalue weighted by atomic mass is 10.00. The normalized spacial score (nSPS) is 13.0. The number of hydrogen-bond acceptors (Lipinski definition) is 4. The third-order valence-electron chi connectivity index (χ3n) is 3.54. The lowest BCUT2D eigenvalue weighted by Crippen LogP contribution is -2.38. The molecule has 0 saturated carbocycles. The van der Waals surface area contributed by atoms with Crippen molar-refractivity contribution in [1.29, 1.82) is 0 Å². The molecule has 0 spiro atoms. The molecule has 1 atom stereocenters. The highest BCUT2D eigenvalue weighted by Gasteiger charge is 2.16. The van der Waals surface area contributed by atoms with Crippen molar-refractivity contribution in [2.24, 2.45) is 4.99 Å². The molecule has 2 heterocycles. The van der Waals surface area contributed by atoms with Gasteiger partial charge in [0.25, 0.3) is 0 Å². The van der Waals surface area contributed by atoms with E-state index in [4.69, 9.17) is 4.52 Å². The first-order valence-corrected chi connectivity index (χ1v) is 7.39. The number of rotatable bonds is 5. The molecular weight excluding hydrogens is 278 g/mol. The molecule has 0 aliphatic heterocycles. The summed E-state index contributed by atoms with van der Waals surface area (Å²) < 4.78 is 5.22. The van der Waals surface area contributed by atoms with Crippen LogP contribution in [0.3, 0.4) is 0 Å². The van der Waals surface area contributed by atoms with Crippen LogP contribution in [0, 0.1) is 13.8 Å². The van der Waals surface area contributed by atoms with E-state index in [-0.39, 0.29) is 0 Å². The molecule has 0 aromatic carbocycles. The highest BCUT2D eigenvalue weighted by atomic mass is 16.5. The number of hydrogen-bond donors (Lipinski definition) is 2. The van der Waals surface area contributed by atoms with Crippen LogP contribution < -0.4 is 10.6 Å². The molecule has 6 heteroatoms. The fourth-order valence-corrected chi connectivity index (χ4v) is 2.44. The summed E-state index contributed by atoms with van der Waals surface area (Å²) in [5, 5.41) is 10.6. The number of aromatic nitrogens is 2. The lowest BCUT2D eigenvalue weighted by Gasteiger charge is -2.16. The molecule has 0 saturated heterocycles. The molecule has 0 aliphatic rings. The van der Waals surface area contributed by atoms with Crippen LogP contribution in [0.1, 0.15) is 35.6 Å². The number of nitrogens with zero attached hydrogens (tertiary/aromatic N) is 3. The molecule has 2 N–H and O–H groups in total. The van der Waals surface area contributed by atoms with Gasteiger partial charge in [-0.25, -0.2) is 0 Å². The number of pyridine rings is 1. The van der Waals surface area contributed by atoms with Gasteiger partial charge in [0.1, 0.15) is 5.76 Å². The Kier molecular flexibility index (Phi) is 5.52. The van der Waals surface area contributed by atoms with Crippen molar-refractivity contribution in [3.8, 4) is 0 Å². The Bertz CT molecular complexity index is 601. The monoisotopic (exact) mass is 301 g/mol. The molecule has 2 rings (SSSR count). The van der Waals surface area contributed by atoms with Crippen molar-refractivity contribution in [3.63, 3.8) is 0 Å². The molecule has 0 radical (unpaired) electrons. The van der Waals surface area contributed by atoms with Crippen molar-refractivity contribution in [2.45, 2.75) is 33.2 Å². The number of guanidine groups is 1. The summed E-state index contributed by atoms with van der Waals surface area (Å²) in [5.74, 6) is 1.92. The Hall–Kier alpha value is -2.37. The Morgan fingerprint density at radius 3 is 2.73 bits per heavy atom. The zero-order valence-corrected chi connectivity index (χ0v) is 13.6. The van der Waals surface area contributed by atoms with Crippen LogP contribution in [0.5, 0.6) is 0 Å². The Labute approximate surface area is 131 Å². The third-order valence-corrected chi connectivity index (χ3v) is 3.54. The summed E-state index contributed by atoms with van der Waals surface area (Å²) >= 11 is 0. The van der Waals surface area contributed by atoms with Gasteiger partial charge >= 0.3 is 0 Å². The summed E-state index contributed by atoms with van der Waals surface area (Å²) in [5.41, 5.74) is 3.08. The van der Waals surface area contributed by atoms with Gasteiger partial charge in [-0.15, -0.1) is 0 Å². The van der Waals surface area contributed by atoms with E-state index < -0.39 is 0 Å². The molecule has 0 bridgehead atoms. The van der Waals surface area contributed by atoms with Crippen molar-refractivity contribution in [3.05, 3.63) is 47.1 Å². The molecule has 2 aromatic heterocycles. The summed E-state index contributed by atoms with van der Waals surface area (Å²) in [7, 11) is 1.76. The highest BCUT2D eigenvalue weighted by Crippen LogP contribution is 2.22. The van der Waals surface area contributed by atoms with E-state index in [0.29, 0.717) is 12.5 Å². The lowest BCUT2D eigenvalue weighted by molar-refractivity contribution is 0.391. The fourth-order valence-electron chi connectivity index (χ4n) is 2.44. The number of aryl methyl sites for hydroxylation is 2. The predicted molar refractivity (Wildman–Crippen MR) is 86.8 cm³/mol. The van der Waals surface area contributed by atoms with E-state index in [1.807, 2.05) is 32.0 Å². The minimum Gasteiger partial charge on any atom is -0.361 e. The van der Waals surface area contributed by atoms with Crippen molar-refractivity contribution >= 4 is 5.96 Å². The topological polar surface area (TPSA) is 75.3 Å². The van der Waals surface area contributed by atoms with Gasteiger partial charge in [-0.3, -0.25) is 9.98 Å². The minimum absolute atomic E-state index is 0.291. The highest BCUT2D eigenvalue weighted by molar-refractivity contribution is 5.79. The van der Waals surface area contributed by atoms with Crippen LogP contribution >= 0.6 is 0 Å². The van der Waals surface area contributed by atoms with E-state index in [1.165, 1.54) is 0 Å². The Morgan fingerprint density at radius 2 is 2.14 bits per heavy atom. The van der Waals surface area contributed by atoms with Crippen molar-refractivity contribution in [2.75, 3.05) is 13.6 Å². The van der Waals surface area contributed by atoms with E-state index in [2.05, 4.69) is 32.7 Å². The third kappa shape index (κ3) is 4.07. The van der Waals surface area contributed by atoms with Crippen LogP contribution in [0.4, 0.5) is 0 Å². The van der Waals surface area contributed by atoms with Gasteiger partial charge in [-0.05, 0) is 26.0 Å². The van der Waals surface area contributed by atoms with Gasteiger partial charge in [0, 0.05) is 31.3 Å². The van der Waals surface area contributed by atoms with E-state index in [1.54, 1.807) is 13.2 Å². The second-order valence-electron chi connectivity index (χ2n) is 5.27. The summed E-state index contributed by atoms with van der Waals surface area (Å²) in [6.45, 7) is 7.45. The standard InChI is InChI=1S/C16H23N5O/c1-11(15-12(2)21-22-13(15)3)9-19-16(17-4)20-10-14-7-5-6-8-18-14/h5-8,11H,9-10H2,1-4H3,(H2,17,19,20). The first kappa shape index (κ1) is 16.0.